The summed E-state index contributed by atoms with van der Waals surface area (Å²) in [5.74, 6) is -0.0149. The lowest BCUT2D eigenvalue weighted by molar-refractivity contribution is 0.00109. The van der Waals surface area contributed by atoms with E-state index in [4.69, 9.17) is 25.8 Å². The van der Waals surface area contributed by atoms with Crippen molar-refractivity contribution in [1.29, 1.82) is 0 Å². The van der Waals surface area contributed by atoms with Crippen molar-refractivity contribution in [2.24, 2.45) is 0 Å². The summed E-state index contributed by atoms with van der Waals surface area (Å²) < 4.78 is 31.9. The zero-order valence-corrected chi connectivity index (χ0v) is 21.7. The van der Waals surface area contributed by atoms with Crippen molar-refractivity contribution in [2.45, 2.75) is 57.7 Å². The number of anilines is 1. The standard InChI is InChI=1S/C26H25ClFN5O5/c1-25(2,3)38-23(34)30-22-21(28)15(9-12-29-22)14-33-24(35)37-18-13-16(36-20-8-7-19(27)31-32-20)5-6-17(18)26(33)10-4-11-26/h5-9,12-13H,4,10-11,14H2,1-3H3,(H,29,30,34). The Morgan fingerprint density at radius 2 is 2.00 bits per heavy atom. The van der Waals surface area contributed by atoms with Crippen molar-refractivity contribution >= 4 is 29.6 Å². The number of carbonyl (C=O) groups excluding carboxylic acids is 2. The van der Waals surface area contributed by atoms with Crippen LogP contribution in [-0.4, -0.2) is 37.9 Å². The largest absolute Gasteiger partial charge is 0.444 e. The summed E-state index contributed by atoms with van der Waals surface area (Å²) in [6, 6.07) is 9.81. The van der Waals surface area contributed by atoms with E-state index in [1.165, 1.54) is 17.2 Å². The van der Waals surface area contributed by atoms with Crippen molar-refractivity contribution < 1.29 is 28.2 Å². The van der Waals surface area contributed by atoms with E-state index in [1.54, 1.807) is 45.0 Å². The first-order chi connectivity index (χ1) is 18.0. The van der Waals surface area contributed by atoms with Gasteiger partial charge in [-0.1, -0.05) is 11.6 Å². The van der Waals surface area contributed by atoms with Gasteiger partial charge in [0.2, 0.25) is 5.88 Å². The normalized spacial score (nSPS) is 15.8. The van der Waals surface area contributed by atoms with E-state index >= 15 is 4.39 Å². The highest BCUT2D eigenvalue weighted by Gasteiger charge is 2.52. The molecule has 1 aromatic carbocycles. The van der Waals surface area contributed by atoms with Crippen LogP contribution in [0.1, 0.15) is 51.2 Å². The highest BCUT2D eigenvalue weighted by Crippen LogP contribution is 2.53. The molecule has 3 heterocycles. The zero-order chi connectivity index (χ0) is 27.1. The third kappa shape index (κ3) is 5.06. The van der Waals surface area contributed by atoms with E-state index in [1.807, 2.05) is 6.07 Å². The average molecular weight is 542 g/mol. The third-order valence-electron chi connectivity index (χ3n) is 6.32. The molecule has 12 heteroatoms. The highest BCUT2D eigenvalue weighted by molar-refractivity contribution is 6.29. The van der Waals surface area contributed by atoms with E-state index in [0.717, 1.165) is 12.0 Å². The number of pyridine rings is 1. The number of carbonyl (C=O) groups is 2. The maximum absolute atomic E-state index is 15.4. The number of fused-ring (bicyclic) bond motifs is 2. The summed E-state index contributed by atoms with van der Waals surface area (Å²) in [5, 5.41) is 10.2. The Morgan fingerprint density at radius 3 is 2.66 bits per heavy atom. The topological polar surface area (TPSA) is 116 Å². The fourth-order valence-corrected chi connectivity index (χ4v) is 4.61. The molecule has 38 heavy (non-hydrogen) atoms. The van der Waals surface area contributed by atoms with Gasteiger partial charge in [-0.3, -0.25) is 10.2 Å². The number of aromatic nitrogens is 3. The molecule has 1 fully saturated rings. The van der Waals surface area contributed by atoms with Crippen molar-refractivity contribution in [2.75, 3.05) is 5.32 Å². The second-order valence-electron chi connectivity index (χ2n) is 10.1. The Balaban J connectivity index is 1.39. The Labute approximate surface area is 223 Å². The smallest absolute Gasteiger partial charge is 0.416 e. The maximum atomic E-state index is 15.4. The van der Waals surface area contributed by atoms with E-state index < -0.39 is 29.1 Å². The number of nitrogens with zero attached hydrogens (tertiary/aromatic N) is 4. The van der Waals surface area contributed by atoms with Gasteiger partial charge in [0.1, 0.15) is 17.1 Å². The van der Waals surface area contributed by atoms with Crippen molar-refractivity contribution in [3.8, 4) is 17.4 Å². The molecular formula is C26H25ClFN5O5. The van der Waals surface area contributed by atoms with Crippen LogP contribution in [0.4, 0.5) is 19.8 Å². The Kier molecular flexibility index (Phi) is 6.56. The van der Waals surface area contributed by atoms with Gasteiger partial charge in [-0.25, -0.2) is 19.0 Å². The first-order valence-corrected chi connectivity index (χ1v) is 12.4. The van der Waals surface area contributed by atoms with Gasteiger partial charge in [-0.05, 0) is 64.3 Å². The number of amides is 2. The molecule has 0 atom stereocenters. The van der Waals surface area contributed by atoms with Crippen LogP contribution in [-0.2, 0) is 16.8 Å². The van der Waals surface area contributed by atoms with Crippen molar-refractivity contribution in [3.05, 3.63) is 64.7 Å². The molecule has 2 aromatic heterocycles. The summed E-state index contributed by atoms with van der Waals surface area (Å²) in [5.41, 5.74) is -0.427. The number of nitrogens with one attached hydrogen (secondary N) is 1. The Morgan fingerprint density at radius 1 is 1.21 bits per heavy atom. The van der Waals surface area contributed by atoms with Gasteiger partial charge in [0.05, 0.1) is 12.1 Å². The van der Waals surface area contributed by atoms with E-state index in [9.17, 15) is 9.59 Å². The van der Waals surface area contributed by atoms with Crippen molar-refractivity contribution in [1.82, 2.24) is 20.1 Å². The van der Waals surface area contributed by atoms with Gasteiger partial charge in [0.15, 0.2) is 16.8 Å². The highest BCUT2D eigenvalue weighted by atomic mass is 35.5. The first-order valence-electron chi connectivity index (χ1n) is 12.0. The SMILES string of the molecule is CC(C)(C)OC(=O)Nc1nccc(CN2C(=O)Oc3cc(Oc4ccc(Cl)nn4)ccc3C23CCC3)c1F. The molecule has 3 aromatic rings. The quantitative estimate of drug-likeness (QED) is 0.406. The molecule has 1 spiro atoms. The molecule has 0 unspecified atom stereocenters. The fraction of sp³-hybridized carbons (Fsp3) is 0.346. The van der Waals surface area contributed by atoms with Gasteiger partial charge in [0.25, 0.3) is 0 Å². The van der Waals surface area contributed by atoms with Crippen LogP contribution < -0.4 is 14.8 Å². The number of halogens is 2. The third-order valence-corrected chi connectivity index (χ3v) is 6.52. The lowest BCUT2D eigenvalue weighted by Gasteiger charge is -2.52. The molecule has 0 saturated heterocycles. The summed E-state index contributed by atoms with van der Waals surface area (Å²) >= 11 is 5.77. The molecule has 2 aliphatic rings. The molecule has 5 rings (SSSR count). The molecule has 1 N–H and O–H groups in total. The number of rotatable bonds is 5. The van der Waals surface area contributed by atoms with Gasteiger partial charge < -0.3 is 14.2 Å². The second-order valence-corrected chi connectivity index (χ2v) is 10.4. The van der Waals surface area contributed by atoms with Crippen LogP contribution >= 0.6 is 11.6 Å². The minimum Gasteiger partial charge on any atom is -0.444 e. The van der Waals surface area contributed by atoms with Gasteiger partial charge >= 0.3 is 12.2 Å². The zero-order valence-electron chi connectivity index (χ0n) is 21.0. The summed E-state index contributed by atoms with van der Waals surface area (Å²) in [4.78, 5) is 30.8. The lowest BCUT2D eigenvalue weighted by Crippen LogP contribution is -2.57. The predicted molar refractivity (Wildman–Crippen MR) is 135 cm³/mol. The molecule has 1 aliphatic heterocycles. The fourth-order valence-electron chi connectivity index (χ4n) is 4.51. The second kappa shape index (κ2) is 9.71. The van der Waals surface area contributed by atoms with Crippen LogP contribution in [0.2, 0.25) is 5.15 Å². The van der Waals surface area contributed by atoms with Gasteiger partial charge in [0, 0.05) is 29.5 Å². The van der Waals surface area contributed by atoms with Gasteiger partial charge in [-0.15, -0.1) is 10.2 Å². The average Bonchev–Trinajstić information content (AvgIpc) is 2.81. The number of hydrogen-bond donors (Lipinski definition) is 1. The van der Waals surface area contributed by atoms with E-state index in [0.29, 0.717) is 24.3 Å². The molecule has 0 bridgehead atoms. The molecular weight excluding hydrogens is 517 g/mol. The molecule has 1 saturated carbocycles. The lowest BCUT2D eigenvalue weighted by atomic mass is 9.69. The van der Waals surface area contributed by atoms with Crippen LogP contribution in [0.25, 0.3) is 0 Å². The van der Waals surface area contributed by atoms with Crippen LogP contribution in [0.5, 0.6) is 17.4 Å². The van der Waals surface area contributed by atoms with Crippen LogP contribution in [0.3, 0.4) is 0 Å². The van der Waals surface area contributed by atoms with E-state index in [2.05, 4.69) is 20.5 Å². The first kappa shape index (κ1) is 25.7. The summed E-state index contributed by atoms with van der Waals surface area (Å²) in [6.07, 6.45) is 2.20. The molecule has 10 nitrogen and oxygen atoms in total. The monoisotopic (exact) mass is 541 g/mol. The summed E-state index contributed by atoms with van der Waals surface area (Å²) in [7, 11) is 0. The number of hydrogen-bond acceptors (Lipinski definition) is 8. The minimum absolute atomic E-state index is 0.0752. The molecule has 1 aliphatic carbocycles. The molecule has 0 radical (unpaired) electrons. The number of ether oxygens (including phenoxy) is 3. The van der Waals surface area contributed by atoms with Gasteiger partial charge in [-0.2, -0.15) is 0 Å². The molecule has 2 amide bonds. The predicted octanol–water partition coefficient (Wildman–Crippen LogP) is 6.20. The van der Waals surface area contributed by atoms with E-state index in [-0.39, 0.29) is 29.0 Å². The number of benzene rings is 1. The van der Waals surface area contributed by atoms with Crippen LogP contribution in [0, 0.1) is 5.82 Å². The van der Waals surface area contributed by atoms with Crippen LogP contribution in [0.15, 0.2) is 42.6 Å². The minimum atomic E-state index is -0.828. The molecule has 198 valence electrons. The van der Waals surface area contributed by atoms with Crippen molar-refractivity contribution in [3.63, 3.8) is 0 Å². The summed E-state index contributed by atoms with van der Waals surface area (Å²) in [6.45, 7) is 5.02. The Hall–Kier alpha value is -3.99. The maximum Gasteiger partial charge on any atom is 0.416 e. The Bertz CT molecular complexity index is 1390.